The maximum atomic E-state index is 2.27. The van der Waals surface area contributed by atoms with Crippen molar-refractivity contribution in [2.45, 2.75) is 32.4 Å². The summed E-state index contributed by atoms with van der Waals surface area (Å²) >= 11 is 8.06. The van der Waals surface area contributed by atoms with Crippen molar-refractivity contribution in [1.29, 1.82) is 0 Å². The average Bonchev–Trinajstić information content (AvgIpc) is 2.56. The van der Waals surface area contributed by atoms with Gasteiger partial charge in [-0.2, -0.15) is 0 Å². The Bertz CT molecular complexity index is 494. The average molecular weight is 365 g/mol. The summed E-state index contributed by atoms with van der Waals surface area (Å²) in [5.74, 6) is 4.83. The molecule has 116 valence electrons. The molecule has 0 spiro atoms. The van der Waals surface area contributed by atoms with Gasteiger partial charge in [-0.3, -0.25) is 0 Å². The first-order chi connectivity index (χ1) is 10.9. The van der Waals surface area contributed by atoms with Gasteiger partial charge in [0.2, 0.25) is 0 Å². The topological polar surface area (TPSA) is 0 Å². The van der Waals surface area contributed by atoms with Crippen molar-refractivity contribution < 1.29 is 0 Å². The van der Waals surface area contributed by atoms with Gasteiger partial charge in [0, 0.05) is 19.6 Å². The smallest absolute Gasteiger partial charge is 0.0208 e. The maximum absolute atomic E-state index is 2.27. The van der Waals surface area contributed by atoms with Gasteiger partial charge in [0.1, 0.15) is 0 Å². The Labute approximate surface area is 150 Å². The predicted molar refractivity (Wildman–Crippen MR) is 105 cm³/mol. The van der Waals surface area contributed by atoms with Crippen molar-refractivity contribution in [2.75, 3.05) is 23.0 Å². The molecule has 1 aliphatic heterocycles. The molecule has 1 aliphatic rings. The molecule has 0 fully saturated rings. The van der Waals surface area contributed by atoms with E-state index < -0.39 is 0 Å². The molecule has 0 N–H and O–H groups in total. The van der Waals surface area contributed by atoms with Crippen molar-refractivity contribution in [1.82, 2.24) is 0 Å². The second-order valence-corrected chi connectivity index (χ2v) is 9.54. The summed E-state index contributed by atoms with van der Waals surface area (Å²) in [7, 11) is 0. The second kappa shape index (κ2) is 9.21. The first-order valence-electron chi connectivity index (χ1n) is 7.63. The van der Waals surface area contributed by atoms with Gasteiger partial charge < -0.3 is 0 Å². The summed E-state index contributed by atoms with van der Waals surface area (Å²) in [4.78, 5) is 5.84. The molecule has 0 saturated heterocycles. The summed E-state index contributed by atoms with van der Waals surface area (Å²) in [6, 6.07) is 17.7. The number of hydrogen-bond acceptors (Lipinski definition) is 4. The third-order valence-corrected chi connectivity index (χ3v) is 8.20. The lowest BCUT2D eigenvalue weighted by Crippen LogP contribution is -1.91. The van der Waals surface area contributed by atoms with Crippen LogP contribution in [0.4, 0.5) is 0 Å². The summed E-state index contributed by atoms with van der Waals surface area (Å²) in [6.07, 6.45) is 2.51. The quantitative estimate of drug-likeness (QED) is 0.519. The first kappa shape index (κ1) is 16.7. The Morgan fingerprint density at radius 2 is 0.727 bits per heavy atom. The zero-order valence-electron chi connectivity index (χ0n) is 12.5. The van der Waals surface area contributed by atoms with E-state index in [0.717, 1.165) is 0 Å². The molecule has 0 atom stereocenters. The van der Waals surface area contributed by atoms with Crippen molar-refractivity contribution in [3.05, 3.63) is 48.5 Å². The highest BCUT2D eigenvalue weighted by Gasteiger charge is 2.07. The van der Waals surface area contributed by atoms with Gasteiger partial charge in [-0.25, -0.2) is 0 Å². The monoisotopic (exact) mass is 364 g/mol. The summed E-state index contributed by atoms with van der Waals surface area (Å²) < 4.78 is 0. The van der Waals surface area contributed by atoms with Gasteiger partial charge in [-0.05, 0) is 60.1 Å². The van der Waals surface area contributed by atoms with E-state index in [9.17, 15) is 0 Å². The van der Waals surface area contributed by atoms with Gasteiger partial charge in [-0.15, -0.1) is 47.0 Å². The van der Waals surface area contributed by atoms with Gasteiger partial charge >= 0.3 is 0 Å². The van der Waals surface area contributed by atoms with Crippen LogP contribution in [0.3, 0.4) is 0 Å². The zero-order chi connectivity index (χ0) is 15.0. The molecule has 3 rings (SSSR count). The third kappa shape index (κ3) is 4.92. The van der Waals surface area contributed by atoms with Gasteiger partial charge in [-0.1, -0.05) is 24.3 Å². The van der Waals surface area contributed by atoms with Crippen LogP contribution in [0, 0.1) is 0 Å². The van der Waals surface area contributed by atoms with Gasteiger partial charge in [0.15, 0.2) is 0 Å². The largest absolute Gasteiger partial charge is 0.125 e. The van der Waals surface area contributed by atoms with E-state index in [4.69, 9.17) is 0 Å². The van der Waals surface area contributed by atoms with Crippen molar-refractivity contribution in [2.24, 2.45) is 0 Å². The minimum atomic E-state index is 1.21. The number of fused-ring (bicyclic) bond motifs is 2. The fraction of sp³-hybridized carbons (Fsp3) is 0.333. The van der Waals surface area contributed by atoms with Crippen LogP contribution >= 0.6 is 47.0 Å². The lowest BCUT2D eigenvalue weighted by atomic mass is 10.4. The molecule has 2 aromatic carbocycles. The third-order valence-electron chi connectivity index (χ3n) is 3.31. The summed E-state index contributed by atoms with van der Waals surface area (Å²) in [5.41, 5.74) is 0. The molecule has 0 radical (unpaired) electrons. The van der Waals surface area contributed by atoms with Crippen LogP contribution < -0.4 is 0 Å². The Hall–Kier alpha value is -0.160. The lowest BCUT2D eigenvalue weighted by Gasteiger charge is -2.12. The Morgan fingerprint density at radius 3 is 1.00 bits per heavy atom. The lowest BCUT2D eigenvalue weighted by molar-refractivity contribution is 1.09. The fourth-order valence-corrected chi connectivity index (χ4v) is 6.87. The standard InChI is InChI=1S/C18H20S4/c1-2-8-16-15(7-1)19-11-5-13-21-17-9-3-4-10-18(17)22-14-6-12-20-16/h1-4,7-10H,5-6,11-14H2. The van der Waals surface area contributed by atoms with Gasteiger partial charge in [0.25, 0.3) is 0 Å². The molecule has 0 aromatic heterocycles. The van der Waals surface area contributed by atoms with E-state index in [1.54, 1.807) is 0 Å². The van der Waals surface area contributed by atoms with Crippen LogP contribution in [-0.4, -0.2) is 23.0 Å². The first-order valence-corrected chi connectivity index (χ1v) is 11.6. The van der Waals surface area contributed by atoms with E-state index in [-0.39, 0.29) is 0 Å². The molecule has 0 bridgehead atoms. The Kier molecular flexibility index (Phi) is 6.99. The minimum Gasteiger partial charge on any atom is -0.125 e. The van der Waals surface area contributed by atoms with Crippen LogP contribution in [0.25, 0.3) is 0 Å². The normalized spacial score (nSPS) is 17.1. The molecule has 0 unspecified atom stereocenters. The number of rotatable bonds is 0. The van der Waals surface area contributed by atoms with E-state index >= 15 is 0 Å². The van der Waals surface area contributed by atoms with Crippen LogP contribution in [0.1, 0.15) is 12.8 Å². The molecule has 0 aliphatic carbocycles. The molecule has 0 saturated carbocycles. The number of hydrogen-bond donors (Lipinski definition) is 0. The number of benzene rings is 2. The maximum Gasteiger partial charge on any atom is 0.0208 e. The zero-order valence-corrected chi connectivity index (χ0v) is 15.8. The van der Waals surface area contributed by atoms with Crippen LogP contribution in [0.2, 0.25) is 0 Å². The molecular weight excluding hydrogens is 344 g/mol. The van der Waals surface area contributed by atoms with E-state index in [0.29, 0.717) is 0 Å². The minimum absolute atomic E-state index is 1.21. The summed E-state index contributed by atoms with van der Waals surface area (Å²) in [5, 5.41) is 0. The van der Waals surface area contributed by atoms with Crippen molar-refractivity contribution >= 4 is 47.0 Å². The highest BCUT2D eigenvalue weighted by atomic mass is 32.2. The molecule has 0 nitrogen and oxygen atoms in total. The second-order valence-electron chi connectivity index (χ2n) is 4.99. The number of thioether (sulfide) groups is 4. The fourth-order valence-electron chi connectivity index (χ4n) is 2.22. The van der Waals surface area contributed by atoms with Crippen LogP contribution in [0.15, 0.2) is 68.1 Å². The van der Waals surface area contributed by atoms with Crippen molar-refractivity contribution in [3.8, 4) is 0 Å². The van der Waals surface area contributed by atoms with Gasteiger partial charge in [0.05, 0.1) is 0 Å². The Morgan fingerprint density at radius 1 is 0.455 bits per heavy atom. The van der Waals surface area contributed by atoms with E-state index in [1.165, 1.54) is 55.4 Å². The highest BCUT2D eigenvalue weighted by molar-refractivity contribution is 8.03. The van der Waals surface area contributed by atoms with E-state index in [2.05, 4.69) is 48.5 Å². The highest BCUT2D eigenvalue weighted by Crippen LogP contribution is 2.35. The predicted octanol–water partition coefficient (Wildman–Crippen LogP) is 6.55. The molecule has 4 heteroatoms. The molecule has 1 heterocycles. The molecule has 2 aromatic rings. The van der Waals surface area contributed by atoms with E-state index in [1.807, 2.05) is 47.0 Å². The molecule has 0 amide bonds. The van der Waals surface area contributed by atoms with Crippen LogP contribution in [-0.2, 0) is 0 Å². The van der Waals surface area contributed by atoms with Crippen LogP contribution in [0.5, 0.6) is 0 Å². The molecular formula is C18H20S4. The molecule has 22 heavy (non-hydrogen) atoms. The summed E-state index contributed by atoms with van der Waals surface area (Å²) in [6.45, 7) is 0. The van der Waals surface area contributed by atoms with Crippen molar-refractivity contribution in [3.63, 3.8) is 0 Å². The Balaban J connectivity index is 1.67. The SMILES string of the molecule is c1ccc2c(c1)SCCCSc1ccccc1SCCCS2.